The summed E-state index contributed by atoms with van der Waals surface area (Å²) in [4.78, 5) is 1.27. The SMILES string of the molecule is SCCOCCSc1cccc(Br)c1. The summed E-state index contributed by atoms with van der Waals surface area (Å²) in [6.45, 7) is 1.53. The van der Waals surface area contributed by atoms with Crippen LogP contribution in [-0.4, -0.2) is 24.7 Å². The molecule has 0 atom stereocenters. The van der Waals surface area contributed by atoms with Crippen molar-refractivity contribution in [1.82, 2.24) is 0 Å². The van der Waals surface area contributed by atoms with Gasteiger partial charge in [-0.3, -0.25) is 0 Å². The maximum Gasteiger partial charge on any atom is 0.0560 e. The Morgan fingerprint density at radius 1 is 1.36 bits per heavy atom. The second-order valence-electron chi connectivity index (χ2n) is 2.64. The normalized spacial score (nSPS) is 10.4. The number of thioether (sulfide) groups is 1. The molecule has 0 aliphatic heterocycles. The van der Waals surface area contributed by atoms with E-state index in [9.17, 15) is 0 Å². The maximum absolute atomic E-state index is 5.33. The van der Waals surface area contributed by atoms with Crippen LogP contribution in [0.1, 0.15) is 0 Å². The van der Waals surface area contributed by atoms with Crippen LogP contribution in [0.15, 0.2) is 33.6 Å². The van der Waals surface area contributed by atoms with E-state index in [-0.39, 0.29) is 0 Å². The molecule has 0 saturated carbocycles. The van der Waals surface area contributed by atoms with Gasteiger partial charge in [-0.25, -0.2) is 0 Å². The Morgan fingerprint density at radius 2 is 2.21 bits per heavy atom. The van der Waals surface area contributed by atoms with Crippen molar-refractivity contribution in [1.29, 1.82) is 0 Å². The molecule has 0 radical (unpaired) electrons. The van der Waals surface area contributed by atoms with Gasteiger partial charge in [0.2, 0.25) is 0 Å². The van der Waals surface area contributed by atoms with Crippen LogP contribution in [0.5, 0.6) is 0 Å². The second-order valence-corrected chi connectivity index (χ2v) is 5.17. The number of ether oxygens (including phenoxy) is 1. The van der Waals surface area contributed by atoms with Crippen LogP contribution < -0.4 is 0 Å². The summed E-state index contributed by atoms with van der Waals surface area (Å²) in [5.74, 6) is 1.78. The Kier molecular flexibility index (Phi) is 6.77. The van der Waals surface area contributed by atoms with Crippen LogP contribution >= 0.6 is 40.3 Å². The minimum absolute atomic E-state index is 0.738. The summed E-state index contributed by atoms with van der Waals surface area (Å²) in [6.07, 6.45) is 0. The van der Waals surface area contributed by atoms with E-state index in [0.29, 0.717) is 0 Å². The molecule has 0 spiro atoms. The fourth-order valence-corrected chi connectivity index (χ4v) is 2.44. The predicted molar refractivity (Wildman–Crippen MR) is 69.5 cm³/mol. The molecule has 0 saturated heterocycles. The van der Waals surface area contributed by atoms with Crippen molar-refractivity contribution in [3.05, 3.63) is 28.7 Å². The van der Waals surface area contributed by atoms with Gasteiger partial charge in [-0.2, -0.15) is 12.6 Å². The Morgan fingerprint density at radius 3 is 2.93 bits per heavy atom. The predicted octanol–water partition coefficient (Wildman–Crippen LogP) is 3.49. The summed E-state index contributed by atoms with van der Waals surface area (Å²) in [5, 5.41) is 0. The molecule has 0 fully saturated rings. The van der Waals surface area contributed by atoms with Gasteiger partial charge in [0.1, 0.15) is 0 Å². The molecule has 0 unspecified atom stereocenters. The van der Waals surface area contributed by atoms with Crippen LogP contribution in [0.25, 0.3) is 0 Å². The highest BCUT2D eigenvalue weighted by Gasteiger charge is 1.94. The third-order valence-corrected chi connectivity index (χ3v) is 3.16. The monoisotopic (exact) mass is 292 g/mol. The lowest BCUT2D eigenvalue weighted by Crippen LogP contribution is -1.99. The van der Waals surface area contributed by atoms with Crippen LogP contribution in [0.3, 0.4) is 0 Å². The zero-order valence-corrected chi connectivity index (χ0v) is 11.1. The average molecular weight is 293 g/mol. The molecule has 0 aliphatic carbocycles. The summed E-state index contributed by atoms with van der Waals surface area (Å²) in [5.41, 5.74) is 0. The van der Waals surface area contributed by atoms with Gasteiger partial charge in [-0.05, 0) is 18.2 Å². The average Bonchev–Trinajstić information content (AvgIpc) is 2.18. The van der Waals surface area contributed by atoms with Crippen molar-refractivity contribution in [2.45, 2.75) is 4.90 Å². The highest BCUT2D eigenvalue weighted by atomic mass is 79.9. The van der Waals surface area contributed by atoms with Crippen LogP contribution in [-0.2, 0) is 4.74 Å². The van der Waals surface area contributed by atoms with Crippen molar-refractivity contribution in [2.24, 2.45) is 0 Å². The molecule has 0 aliphatic rings. The van der Waals surface area contributed by atoms with E-state index in [4.69, 9.17) is 4.74 Å². The maximum atomic E-state index is 5.33. The number of benzene rings is 1. The lowest BCUT2D eigenvalue weighted by Gasteiger charge is -2.02. The third kappa shape index (κ3) is 5.29. The fourth-order valence-electron chi connectivity index (χ4n) is 0.942. The lowest BCUT2D eigenvalue weighted by molar-refractivity contribution is 0.167. The molecule has 1 aromatic rings. The van der Waals surface area contributed by atoms with Crippen molar-refractivity contribution in [2.75, 3.05) is 24.7 Å². The van der Waals surface area contributed by atoms with Crippen LogP contribution in [0.2, 0.25) is 0 Å². The summed E-state index contributed by atoms with van der Waals surface area (Å²) >= 11 is 9.31. The van der Waals surface area contributed by atoms with Gasteiger partial charge in [-0.15, -0.1) is 11.8 Å². The van der Waals surface area contributed by atoms with E-state index in [2.05, 4.69) is 40.7 Å². The Bertz CT molecular complexity index is 268. The van der Waals surface area contributed by atoms with Gasteiger partial charge in [-0.1, -0.05) is 22.0 Å². The third-order valence-electron chi connectivity index (χ3n) is 1.53. The zero-order chi connectivity index (χ0) is 10.2. The van der Waals surface area contributed by atoms with Crippen LogP contribution in [0, 0.1) is 0 Å². The van der Waals surface area contributed by atoms with E-state index in [1.807, 2.05) is 12.1 Å². The van der Waals surface area contributed by atoms with Gasteiger partial charge >= 0.3 is 0 Å². The Hall–Kier alpha value is 0.360. The van der Waals surface area contributed by atoms with E-state index in [1.54, 1.807) is 11.8 Å². The van der Waals surface area contributed by atoms with Crippen molar-refractivity contribution in [3.63, 3.8) is 0 Å². The number of rotatable bonds is 6. The van der Waals surface area contributed by atoms with Crippen molar-refractivity contribution in [3.8, 4) is 0 Å². The smallest absolute Gasteiger partial charge is 0.0560 e. The van der Waals surface area contributed by atoms with Gasteiger partial charge in [0, 0.05) is 20.9 Å². The Balaban J connectivity index is 2.18. The van der Waals surface area contributed by atoms with E-state index in [0.717, 1.165) is 29.2 Å². The molecule has 1 aromatic carbocycles. The van der Waals surface area contributed by atoms with Gasteiger partial charge in [0.15, 0.2) is 0 Å². The minimum Gasteiger partial charge on any atom is -0.380 e. The quantitative estimate of drug-likeness (QED) is 0.488. The number of thiol groups is 1. The number of halogens is 1. The number of hydrogen-bond acceptors (Lipinski definition) is 3. The van der Waals surface area contributed by atoms with Gasteiger partial charge in [0.05, 0.1) is 13.2 Å². The molecule has 14 heavy (non-hydrogen) atoms. The van der Waals surface area contributed by atoms with E-state index in [1.165, 1.54) is 4.90 Å². The molecule has 0 amide bonds. The molecular formula is C10H13BrOS2. The molecule has 0 heterocycles. The number of hydrogen-bond donors (Lipinski definition) is 1. The molecule has 1 nitrogen and oxygen atoms in total. The molecule has 1 rings (SSSR count). The van der Waals surface area contributed by atoms with Gasteiger partial charge in [0.25, 0.3) is 0 Å². The van der Waals surface area contributed by atoms with Crippen LogP contribution in [0.4, 0.5) is 0 Å². The molecule has 0 aromatic heterocycles. The second kappa shape index (κ2) is 7.63. The Labute approximate surface area is 103 Å². The first kappa shape index (κ1) is 12.4. The molecule has 0 bridgehead atoms. The standard InChI is InChI=1S/C10H13BrOS2/c11-9-2-1-3-10(8-9)14-7-5-12-4-6-13/h1-3,8,13H,4-7H2. The topological polar surface area (TPSA) is 9.23 Å². The summed E-state index contributed by atoms with van der Waals surface area (Å²) in [7, 11) is 0. The first-order valence-electron chi connectivity index (χ1n) is 4.40. The summed E-state index contributed by atoms with van der Waals surface area (Å²) < 4.78 is 6.45. The van der Waals surface area contributed by atoms with E-state index < -0.39 is 0 Å². The first-order chi connectivity index (χ1) is 6.83. The summed E-state index contributed by atoms with van der Waals surface area (Å²) in [6, 6.07) is 8.29. The minimum atomic E-state index is 0.738. The molecule has 78 valence electrons. The zero-order valence-electron chi connectivity index (χ0n) is 7.78. The van der Waals surface area contributed by atoms with Crippen molar-refractivity contribution < 1.29 is 4.74 Å². The van der Waals surface area contributed by atoms with Crippen molar-refractivity contribution >= 4 is 40.3 Å². The highest BCUT2D eigenvalue weighted by Crippen LogP contribution is 2.21. The van der Waals surface area contributed by atoms with E-state index >= 15 is 0 Å². The molecule has 4 heteroatoms. The molecular weight excluding hydrogens is 280 g/mol. The lowest BCUT2D eigenvalue weighted by atomic mass is 10.4. The largest absolute Gasteiger partial charge is 0.380 e. The first-order valence-corrected chi connectivity index (χ1v) is 6.81. The fraction of sp³-hybridized carbons (Fsp3) is 0.400. The van der Waals surface area contributed by atoms with Gasteiger partial charge < -0.3 is 4.74 Å². The molecule has 0 N–H and O–H groups in total. The highest BCUT2D eigenvalue weighted by molar-refractivity contribution is 9.10.